The summed E-state index contributed by atoms with van der Waals surface area (Å²) >= 11 is 0. The zero-order chi connectivity index (χ0) is 33.0. The summed E-state index contributed by atoms with van der Waals surface area (Å²) in [6.45, 7) is -1.08. The first kappa shape index (κ1) is 37.2. The maximum atomic E-state index is 10.9. The standard InChI is InChI=1S/C25H43NO18/c1-7-13(26-9-2-8(3-27)14(33)18(37)15(9)34)17(36)20(39)24(41-7)44-23-12(6-30)42-25(21(40)19(23)38)43-22(11(32)5-29)16(35)10(31)4-28/h2,4,7,9-27,29-40H,3,5-6H2,1H3/t7-,9-,10-,11-,12+,13-,14+,15-,16-,17-,18+,19+,20-,21+,22-,23+,24+,25-/m1/s1. The van der Waals surface area contributed by atoms with Gasteiger partial charge in [-0.05, 0) is 12.5 Å². The van der Waals surface area contributed by atoms with Crippen LogP contribution in [-0.4, -0.2) is 203 Å². The lowest BCUT2D eigenvalue weighted by Crippen LogP contribution is -2.68. The Bertz CT molecular complexity index is 943. The van der Waals surface area contributed by atoms with Gasteiger partial charge in [-0.3, -0.25) is 0 Å². The van der Waals surface area contributed by atoms with Gasteiger partial charge in [0.2, 0.25) is 0 Å². The second-order valence-electron chi connectivity index (χ2n) is 11.0. The minimum Gasteiger partial charge on any atom is -0.394 e. The number of carbonyl (C=O) groups excluding carboxylic acids is 1. The zero-order valence-corrected chi connectivity index (χ0v) is 23.5. The molecule has 0 spiro atoms. The van der Waals surface area contributed by atoms with Crippen LogP contribution in [-0.2, 0) is 23.7 Å². The third kappa shape index (κ3) is 7.79. The number of carbonyl (C=O) groups is 1. The molecule has 0 aromatic rings. The Kier molecular flexibility index (Phi) is 13.5. The van der Waals surface area contributed by atoms with E-state index >= 15 is 0 Å². The number of aliphatic hydroxyl groups excluding tert-OH is 13. The van der Waals surface area contributed by atoms with E-state index in [2.05, 4.69) is 5.32 Å². The number of hydrogen-bond donors (Lipinski definition) is 14. The second kappa shape index (κ2) is 16.0. The molecule has 19 heteroatoms. The van der Waals surface area contributed by atoms with Crippen molar-refractivity contribution in [2.24, 2.45) is 0 Å². The Labute approximate surface area is 250 Å². The fraction of sp³-hybridized carbons (Fsp3) is 0.880. The predicted molar refractivity (Wildman–Crippen MR) is 139 cm³/mol. The number of nitrogens with one attached hydrogen (secondary N) is 1. The maximum Gasteiger partial charge on any atom is 0.187 e. The number of rotatable bonds is 13. The summed E-state index contributed by atoms with van der Waals surface area (Å²) in [6.07, 6.45) is -26.8. The molecule has 0 bridgehead atoms. The first-order valence-electron chi connectivity index (χ1n) is 13.9. The van der Waals surface area contributed by atoms with Gasteiger partial charge in [-0.2, -0.15) is 0 Å². The van der Waals surface area contributed by atoms with Crippen molar-refractivity contribution < 1.29 is 90.1 Å². The van der Waals surface area contributed by atoms with Gasteiger partial charge < -0.3 is 95.4 Å². The highest BCUT2D eigenvalue weighted by molar-refractivity contribution is 5.56. The Morgan fingerprint density at radius 1 is 0.886 bits per heavy atom. The lowest BCUT2D eigenvalue weighted by atomic mass is 9.86. The van der Waals surface area contributed by atoms with Crippen molar-refractivity contribution in [3.8, 4) is 0 Å². The van der Waals surface area contributed by atoms with Crippen LogP contribution >= 0.6 is 0 Å². The average Bonchev–Trinajstić information content (AvgIpc) is 3.02. The van der Waals surface area contributed by atoms with Crippen LogP contribution in [0.15, 0.2) is 11.6 Å². The van der Waals surface area contributed by atoms with Gasteiger partial charge in [-0.1, -0.05) is 6.08 Å². The fourth-order valence-electron chi connectivity index (χ4n) is 5.36. The topological polar surface area (TPSA) is 329 Å². The van der Waals surface area contributed by atoms with E-state index in [1.807, 2.05) is 0 Å². The van der Waals surface area contributed by atoms with Crippen molar-refractivity contribution in [2.75, 3.05) is 19.8 Å². The smallest absolute Gasteiger partial charge is 0.187 e. The molecule has 18 atom stereocenters. The van der Waals surface area contributed by atoms with Gasteiger partial charge in [0.05, 0.1) is 38.0 Å². The fourth-order valence-corrected chi connectivity index (χ4v) is 5.36. The summed E-state index contributed by atoms with van der Waals surface area (Å²) < 4.78 is 22.0. The molecule has 0 saturated carbocycles. The molecule has 1 aliphatic carbocycles. The molecule has 2 fully saturated rings. The molecule has 19 nitrogen and oxygen atoms in total. The molecule has 0 unspecified atom stereocenters. The van der Waals surface area contributed by atoms with Crippen LogP contribution in [0.3, 0.4) is 0 Å². The third-order valence-corrected chi connectivity index (χ3v) is 8.03. The second-order valence-corrected chi connectivity index (χ2v) is 11.0. The Hall–Kier alpha value is -1.31. The molecule has 256 valence electrons. The van der Waals surface area contributed by atoms with E-state index in [9.17, 15) is 71.2 Å². The van der Waals surface area contributed by atoms with Crippen LogP contribution in [0.5, 0.6) is 0 Å². The van der Waals surface area contributed by atoms with E-state index in [1.165, 1.54) is 13.0 Å². The van der Waals surface area contributed by atoms with Gasteiger partial charge in [0.15, 0.2) is 18.9 Å². The molecule has 2 saturated heterocycles. The van der Waals surface area contributed by atoms with Crippen LogP contribution in [0.25, 0.3) is 0 Å². The molecule has 14 N–H and O–H groups in total. The monoisotopic (exact) mass is 645 g/mol. The molecule has 0 amide bonds. The summed E-state index contributed by atoms with van der Waals surface area (Å²) in [5, 5.41) is 135. The molecule has 3 aliphatic rings. The largest absolute Gasteiger partial charge is 0.394 e. The maximum absolute atomic E-state index is 10.9. The lowest BCUT2D eigenvalue weighted by molar-refractivity contribution is -0.361. The van der Waals surface area contributed by atoms with Gasteiger partial charge in [-0.15, -0.1) is 0 Å². The first-order chi connectivity index (χ1) is 20.7. The Balaban J connectivity index is 1.71. The quantitative estimate of drug-likeness (QED) is 0.0653. The summed E-state index contributed by atoms with van der Waals surface area (Å²) in [4.78, 5) is 10.9. The van der Waals surface area contributed by atoms with E-state index in [0.717, 1.165) is 0 Å². The Morgan fingerprint density at radius 3 is 2.09 bits per heavy atom. The van der Waals surface area contributed by atoms with Crippen LogP contribution < -0.4 is 5.32 Å². The summed E-state index contributed by atoms with van der Waals surface area (Å²) in [5.74, 6) is 0. The lowest BCUT2D eigenvalue weighted by Gasteiger charge is -2.48. The number of hydrogen-bond acceptors (Lipinski definition) is 19. The van der Waals surface area contributed by atoms with Gasteiger partial charge in [0.1, 0.15) is 79.4 Å². The van der Waals surface area contributed by atoms with Crippen LogP contribution in [0.1, 0.15) is 6.92 Å². The highest BCUT2D eigenvalue weighted by atomic mass is 16.7. The molecule has 0 radical (unpaired) electrons. The molecular formula is C25H43NO18. The first-order valence-corrected chi connectivity index (χ1v) is 13.9. The summed E-state index contributed by atoms with van der Waals surface area (Å²) in [6, 6.07) is -2.21. The molecule has 3 rings (SSSR count). The van der Waals surface area contributed by atoms with Gasteiger partial charge in [-0.25, -0.2) is 0 Å². The molecule has 0 aromatic heterocycles. The van der Waals surface area contributed by atoms with Crippen molar-refractivity contribution in [1.82, 2.24) is 5.32 Å². The molecule has 44 heavy (non-hydrogen) atoms. The van der Waals surface area contributed by atoms with E-state index < -0.39 is 130 Å². The van der Waals surface area contributed by atoms with E-state index in [-0.39, 0.29) is 11.9 Å². The van der Waals surface area contributed by atoms with Crippen molar-refractivity contribution in [3.63, 3.8) is 0 Å². The minimum absolute atomic E-state index is 0.00900. The van der Waals surface area contributed by atoms with Crippen molar-refractivity contribution in [3.05, 3.63) is 11.6 Å². The molecule has 2 heterocycles. The van der Waals surface area contributed by atoms with Gasteiger partial charge in [0.25, 0.3) is 0 Å². The SMILES string of the molecule is C[C@H]1O[C@@H](O[C@@H]2[C@@H](O)[C@H](O)[C@@H](O[C@@H]([C@H](O)[C@H](O)C=O)[C@H](O)CO)O[C@H]2CO)[C@H](O)[C@H](O)[C@@H]1N[C@@H]1C=C(CO)[C@H](O)[C@H](O)[C@@H]1O. The highest BCUT2D eigenvalue weighted by Crippen LogP contribution is 2.31. The number of aldehydes is 1. The number of ether oxygens (including phenoxy) is 4. The predicted octanol–water partition coefficient (Wildman–Crippen LogP) is -8.72. The summed E-state index contributed by atoms with van der Waals surface area (Å²) in [7, 11) is 0. The Morgan fingerprint density at radius 2 is 1.52 bits per heavy atom. The van der Waals surface area contributed by atoms with Crippen LogP contribution in [0.4, 0.5) is 0 Å². The van der Waals surface area contributed by atoms with Gasteiger partial charge in [0, 0.05) is 0 Å². The average molecular weight is 646 g/mol. The third-order valence-electron chi connectivity index (χ3n) is 8.03. The normalized spacial score (nSPS) is 44.4. The molecule has 0 aromatic carbocycles. The minimum atomic E-state index is -2.10. The molecular weight excluding hydrogens is 602 g/mol. The summed E-state index contributed by atoms with van der Waals surface area (Å²) in [5.41, 5.74) is 0.00900. The van der Waals surface area contributed by atoms with Crippen LogP contribution in [0, 0.1) is 0 Å². The van der Waals surface area contributed by atoms with E-state index in [0.29, 0.717) is 0 Å². The van der Waals surface area contributed by atoms with Gasteiger partial charge >= 0.3 is 0 Å². The van der Waals surface area contributed by atoms with Crippen LogP contribution in [0.2, 0.25) is 0 Å². The zero-order valence-electron chi connectivity index (χ0n) is 23.5. The number of aliphatic hydroxyl groups is 13. The van der Waals surface area contributed by atoms with E-state index in [1.54, 1.807) is 0 Å². The van der Waals surface area contributed by atoms with Crippen molar-refractivity contribution in [1.29, 1.82) is 0 Å². The van der Waals surface area contributed by atoms with Crippen molar-refractivity contribution in [2.45, 2.75) is 117 Å². The van der Waals surface area contributed by atoms with Crippen molar-refractivity contribution >= 4 is 6.29 Å². The van der Waals surface area contributed by atoms with E-state index in [4.69, 9.17) is 18.9 Å². The highest BCUT2D eigenvalue weighted by Gasteiger charge is 2.52. The molecule has 2 aliphatic heterocycles.